The summed E-state index contributed by atoms with van der Waals surface area (Å²) in [6.45, 7) is 3.11. The molecule has 118 valence electrons. The molecule has 1 aliphatic heterocycles. The molecule has 4 heteroatoms. The molecular weight excluding hydrogens is 284 g/mol. The number of hydrogen-bond acceptors (Lipinski definition) is 3. The lowest BCUT2D eigenvalue weighted by Crippen LogP contribution is -2.29. The summed E-state index contributed by atoms with van der Waals surface area (Å²) in [6, 6.07) is 12.6. The van der Waals surface area contributed by atoms with E-state index in [-0.39, 0.29) is 0 Å². The fraction of sp³-hybridized carbons (Fsp3) is 0.368. The highest BCUT2D eigenvalue weighted by molar-refractivity contribution is 5.76. The number of aromatic nitrogens is 3. The van der Waals surface area contributed by atoms with Crippen molar-refractivity contribution in [1.29, 1.82) is 0 Å². The van der Waals surface area contributed by atoms with Crippen LogP contribution in [0.4, 0.5) is 0 Å². The van der Waals surface area contributed by atoms with Gasteiger partial charge in [0.2, 0.25) is 0 Å². The molecule has 4 nitrogen and oxygen atoms in total. The van der Waals surface area contributed by atoms with Crippen LogP contribution in [-0.2, 0) is 13.0 Å². The lowest BCUT2D eigenvalue weighted by molar-refractivity contribution is 0.364. The van der Waals surface area contributed by atoms with Gasteiger partial charge < -0.3 is 9.88 Å². The van der Waals surface area contributed by atoms with E-state index in [1.807, 2.05) is 18.5 Å². The zero-order chi connectivity index (χ0) is 15.5. The number of nitrogens with zero attached hydrogens (tertiary/aromatic N) is 3. The molecule has 4 rings (SSSR count). The molecule has 0 radical (unpaired) electrons. The molecule has 1 aliphatic rings. The molecule has 0 spiro atoms. The van der Waals surface area contributed by atoms with Crippen LogP contribution < -0.4 is 5.32 Å². The highest BCUT2D eigenvalue weighted by Gasteiger charge is 2.18. The maximum atomic E-state index is 4.93. The third-order valence-corrected chi connectivity index (χ3v) is 4.73. The average Bonchev–Trinajstić information content (AvgIpc) is 2.94. The Hall–Kier alpha value is -2.20. The molecule has 23 heavy (non-hydrogen) atoms. The summed E-state index contributed by atoms with van der Waals surface area (Å²) in [5.41, 5.74) is 3.54. The second-order valence-corrected chi connectivity index (χ2v) is 6.36. The fourth-order valence-corrected chi connectivity index (χ4v) is 3.48. The Kier molecular flexibility index (Phi) is 4.07. The number of piperidine rings is 1. The molecule has 0 amide bonds. The number of fused-ring (bicyclic) bond motifs is 1. The Balaban J connectivity index is 1.69. The van der Waals surface area contributed by atoms with Gasteiger partial charge in [0.15, 0.2) is 0 Å². The van der Waals surface area contributed by atoms with E-state index in [2.05, 4.69) is 45.2 Å². The van der Waals surface area contributed by atoms with Crippen molar-refractivity contribution in [1.82, 2.24) is 19.9 Å². The van der Waals surface area contributed by atoms with E-state index in [0.29, 0.717) is 0 Å². The van der Waals surface area contributed by atoms with E-state index in [1.165, 1.54) is 29.7 Å². The zero-order valence-electron chi connectivity index (χ0n) is 13.3. The summed E-state index contributed by atoms with van der Waals surface area (Å²) in [5.74, 6) is 1.95. The maximum Gasteiger partial charge on any atom is 0.110 e. The molecule has 0 aliphatic carbocycles. The van der Waals surface area contributed by atoms with E-state index in [1.54, 1.807) is 0 Å². The van der Waals surface area contributed by atoms with Crippen molar-refractivity contribution in [2.24, 2.45) is 5.92 Å². The number of benzene rings is 1. The van der Waals surface area contributed by atoms with Crippen LogP contribution >= 0.6 is 0 Å². The molecule has 0 bridgehead atoms. The Morgan fingerprint density at radius 1 is 1.09 bits per heavy atom. The average molecular weight is 306 g/mol. The third-order valence-electron chi connectivity index (χ3n) is 4.73. The lowest BCUT2D eigenvalue weighted by Gasteiger charge is -2.22. The van der Waals surface area contributed by atoms with Crippen molar-refractivity contribution in [3.05, 3.63) is 60.2 Å². The number of rotatable bonds is 4. The molecule has 3 heterocycles. The molecule has 0 saturated carbocycles. The Morgan fingerprint density at radius 3 is 2.78 bits per heavy atom. The van der Waals surface area contributed by atoms with Gasteiger partial charge in [0.25, 0.3) is 0 Å². The predicted molar refractivity (Wildman–Crippen MR) is 92.4 cm³/mol. The molecule has 1 aromatic carbocycles. The van der Waals surface area contributed by atoms with Gasteiger partial charge in [-0.1, -0.05) is 18.2 Å². The highest BCUT2D eigenvalue weighted by atomic mass is 15.1. The summed E-state index contributed by atoms with van der Waals surface area (Å²) in [4.78, 5) is 9.17. The van der Waals surface area contributed by atoms with Gasteiger partial charge in [-0.3, -0.25) is 4.98 Å². The quantitative estimate of drug-likeness (QED) is 0.805. The van der Waals surface area contributed by atoms with Gasteiger partial charge >= 0.3 is 0 Å². The molecule has 0 atom stereocenters. The van der Waals surface area contributed by atoms with Gasteiger partial charge in [0.1, 0.15) is 5.82 Å². The number of hydrogen-bond donors (Lipinski definition) is 1. The van der Waals surface area contributed by atoms with Crippen LogP contribution in [-0.4, -0.2) is 27.6 Å². The van der Waals surface area contributed by atoms with Crippen molar-refractivity contribution in [3.63, 3.8) is 0 Å². The standard InChI is InChI=1S/C19H22N4/c1-2-6-18-17(5-1)22-19(12-15-7-10-20-11-8-15)23(18)14-16-4-3-9-21-13-16/h1-6,9,13,15,20H,7-8,10-12,14H2. The van der Waals surface area contributed by atoms with Crippen LogP contribution in [0.1, 0.15) is 24.2 Å². The van der Waals surface area contributed by atoms with Crippen LogP contribution in [0, 0.1) is 5.92 Å². The molecular formula is C19H22N4. The molecule has 1 N–H and O–H groups in total. The van der Waals surface area contributed by atoms with E-state index in [0.717, 1.165) is 37.5 Å². The summed E-state index contributed by atoms with van der Waals surface area (Å²) in [6.07, 6.45) is 7.33. The first-order valence-electron chi connectivity index (χ1n) is 8.44. The first-order chi connectivity index (χ1) is 11.4. The van der Waals surface area contributed by atoms with E-state index < -0.39 is 0 Å². The Morgan fingerprint density at radius 2 is 1.96 bits per heavy atom. The van der Waals surface area contributed by atoms with Crippen molar-refractivity contribution in [2.45, 2.75) is 25.8 Å². The van der Waals surface area contributed by atoms with Crippen molar-refractivity contribution in [2.75, 3.05) is 13.1 Å². The van der Waals surface area contributed by atoms with Crippen molar-refractivity contribution in [3.8, 4) is 0 Å². The van der Waals surface area contributed by atoms with E-state index in [9.17, 15) is 0 Å². The largest absolute Gasteiger partial charge is 0.323 e. The molecule has 3 aromatic rings. The van der Waals surface area contributed by atoms with Crippen molar-refractivity contribution < 1.29 is 0 Å². The van der Waals surface area contributed by atoms with Crippen LogP contribution in [0.2, 0.25) is 0 Å². The van der Waals surface area contributed by atoms with Gasteiger partial charge in [-0.2, -0.15) is 0 Å². The topological polar surface area (TPSA) is 42.7 Å². The summed E-state index contributed by atoms with van der Waals surface area (Å²) in [5, 5.41) is 3.45. The second kappa shape index (κ2) is 6.50. The van der Waals surface area contributed by atoms with Gasteiger partial charge in [-0.05, 0) is 55.6 Å². The second-order valence-electron chi connectivity index (χ2n) is 6.36. The van der Waals surface area contributed by atoms with Crippen LogP contribution in [0.5, 0.6) is 0 Å². The Labute approximate surface area is 136 Å². The summed E-state index contributed by atoms with van der Waals surface area (Å²) < 4.78 is 2.37. The SMILES string of the molecule is c1cncc(Cn2c(CC3CCNCC3)nc3ccccc32)c1. The smallest absolute Gasteiger partial charge is 0.110 e. The first-order valence-corrected chi connectivity index (χ1v) is 8.44. The highest BCUT2D eigenvalue weighted by Crippen LogP contribution is 2.23. The van der Waals surface area contributed by atoms with E-state index in [4.69, 9.17) is 4.98 Å². The number of nitrogens with one attached hydrogen (secondary N) is 1. The maximum absolute atomic E-state index is 4.93. The number of imidazole rings is 1. The van der Waals surface area contributed by atoms with Gasteiger partial charge in [0, 0.05) is 18.8 Å². The Bertz CT molecular complexity index is 772. The normalized spacial score (nSPS) is 16.0. The number of para-hydroxylation sites is 2. The lowest BCUT2D eigenvalue weighted by atomic mass is 9.94. The minimum atomic E-state index is 0.737. The zero-order valence-corrected chi connectivity index (χ0v) is 13.3. The minimum Gasteiger partial charge on any atom is -0.323 e. The number of pyridine rings is 1. The molecule has 1 fully saturated rings. The van der Waals surface area contributed by atoms with Gasteiger partial charge in [0.05, 0.1) is 17.6 Å². The third kappa shape index (κ3) is 3.13. The van der Waals surface area contributed by atoms with Crippen LogP contribution in [0.25, 0.3) is 11.0 Å². The summed E-state index contributed by atoms with van der Waals surface area (Å²) in [7, 11) is 0. The predicted octanol–water partition coefficient (Wildman–Crippen LogP) is 3.02. The molecule has 1 saturated heterocycles. The van der Waals surface area contributed by atoms with Crippen LogP contribution in [0.3, 0.4) is 0 Å². The minimum absolute atomic E-state index is 0.737. The molecule has 2 aromatic heterocycles. The van der Waals surface area contributed by atoms with Gasteiger partial charge in [-0.25, -0.2) is 4.98 Å². The van der Waals surface area contributed by atoms with Gasteiger partial charge in [-0.15, -0.1) is 0 Å². The molecule has 0 unspecified atom stereocenters. The van der Waals surface area contributed by atoms with Crippen molar-refractivity contribution >= 4 is 11.0 Å². The van der Waals surface area contributed by atoms with Crippen LogP contribution in [0.15, 0.2) is 48.8 Å². The monoisotopic (exact) mass is 306 g/mol. The van der Waals surface area contributed by atoms with E-state index >= 15 is 0 Å². The summed E-state index contributed by atoms with van der Waals surface area (Å²) >= 11 is 0. The first kappa shape index (κ1) is 14.4. The fourth-order valence-electron chi connectivity index (χ4n) is 3.48.